The Morgan fingerprint density at radius 2 is 1.96 bits per heavy atom. The van der Waals surface area contributed by atoms with Crippen molar-refractivity contribution < 1.29 is 9.63 Å². The summed E-state index contributed by atoms with van der Waals surface area (Å²) in [5.74, 6) is 3.93. The molecule has 0 aromatic rings. The lowest BCUT2D eigenvalue weighted by molar-refractivity contribution is -0.141. The predicted octanol–water partition coefficient (Wildman–Crippen LogP) is 4.60. The second-order valence-electron chi connectivity index (χ2n) is 11.4. The number of carbonyl (C=O) groups excluding carboxylic acids is 1. The first-order chi connectivity index (χ1) is 13.1. The summed E-state index contributed by atoms with van der Waals surface area (Å²) in [6.07, 6.45) is 10.3. The van der Waals surface area contributed by atoms with Crippen molar-refractivity contribution in [1.29, 1.82) is 0 Å². The number of Topliss-reactive ketones (excluding diaryl/α,β-unsaturated/α-hetero) is 1. The van der Waals surface area contributed by atoms with E-state index in [-0.39, 0.29) is 11.0 Å². The molecule has 4 heteroatoms. The van der Waals surface area contributed by atoms with E-state index >= 15 is 0 Å². The van der Waals surface area contributed by atoms with Gasteiger partial charge < -0.3 is 5.73 Å². The van der Waals surface area contributed by atoms with Crippen molar-refractivity contribution in [3.63, 3.8) is 0 Å². The average Bonchev–Trinajstić information content (AvgIpc) is 2.96. The van der Waals surface area contributed by atoms with Gasteiger partial charge in [-0.3, -0.25) is 15.1 Å². The third kappa shape index (κ3) is 3.06. The highest BCUT2D eigenvalue weighted by Crippen LogP contribution is 2.66. The smallest absolute Gasteiger partial charge is 0.139 e. The lowest BCUT2D eigenvalue weighted by atomic mass is 9.44. The number of hydroxylamine groups is 1. The lowest BCUT2D eigenvalue weighted by Gasteiger charge is -2.61. The maximum atomic E-state index is 12.7. The van der Waals surface area contributed by atoms with Crippen molar-refractivity contribution in [2.45, 2.75) is 85.2 Å². The van der Waals surface area contributed by atoms with E-state index in [1.165, 1.54) is 25.0 Å². The van der Waals surface area contributed by atoms with Crippen LogP contribution in [0.4, 0.5) is 0 Å². The molecule has 4 aliphatic carbocycles. The van der Waals surface area contributed by atoms with Crippen LogP contribution in [0.2, 0.25) is 0 Å². The number of nitrogens with one attached hydrogen (secondary N) is 1. The lowest BCUT2D eigenvalue weighted by Crippen LogP contribution is -2.55. The van der Waals surface area contributed by atoms with Crippen molar-refractivity contribution in [1.82, 2.24) is 5.48 Å². The van der Waals surface area contributed by atoms with Crippen molar-refractivity contribution >= 4 is 5.78 Å². The third-order valence-corrected chi connectivity index (χ3v) is 9.30. The summed E-state index contributed by atoms with van der Waals surface area (Å²) < 4.78 is 0. The standard InChI is InChI=1S/C24H40N2O2/c1-15-12-16-13-17(26-28-22(2,3)14-25)8-10-23(16,4)19-9-11-24(5)18(21(15)19)6-7-20(24)27/h13,15-16,18-19,21,26H,6-12,14,25H2,1-5H3/t15-,16?,18+,19+,21+,23+,24+/m1/s1. The third-order valence-electron chi connectivity index (χ3n) is 9.30. The van der Waals surface area contributed by atoms with Crippen LogP contribution in [0, 0.1) is 40.4 Å². The molecule has 0 spiro atoms. The van der Waals surface area contributed by atoms with E-state index in [0.717, 1.165) is 37.5 Å². The number of hydrogen-bond acceptors (Lipinski definition) is 4. The van der Waals surface area contributed by atoms with Gasteiger partial charge in [0.25, 0.3) is 0 Å². The quantitative estimate of drug-likeness (QED) is 0.691. The zero-order valence-electron chi connectivity index (χ0n) is 18.5. The Morgan fingerprint density at radius 3 is 2.68 bits per heavy atom. The van der Waals surface area contributed by atoms with Gasteiger partial charge in [0, 0.05) is 24.1 Å². The fourth-order valence-electron chi connectivity index (χ4n) is 7.32. The Kier molecular flexibility index (Phi) is 4.98. The summed E-state index contributed by atoms with van der Waals surface area (Å²) in [5.41, 5.74) is 10.2. The molecule has 0 radical (unpaired) electrons. The Hall–Kier alpha value is -0.870. The number of carbonyl (C=O) groups is 1. The van der Waals surface area contributed by atoms with Crippen LogP contribution in [0.5, 0.6) is 0 Å². The molecule has 0 saturated heterocycles. The fraction of sp³-hybridized carbons (Fsp3) is 0.875. The molecule has 4 nitrogen and oxygen atoms in total. The summed E-state index contributed by atoms with van der Waals surface area (Å²) in [6, 6.07) is 0. The number of allylic oxidation sites excluding steroid dienone is 2. The minimum Gasteiger partial charge on any atom is -0.328 e. The molecule has 3 N–H and O–H groups in total. The molecule has 3 fully saturated rings. The second kappa shape index (κ2) is 6.84. The van der Waals surface area contributed by atoms with Gasteiger partial charge in [-0.05, 0) is 87.4 Å². The molecule has 3 saturated carbocycles. The van der Waals surface area contributed by atoms with Gasteiger partial charge in [-0.15, -0.1) is 0 Å². The molecule has 0 aromatic carbocycles. The Labute approximate surface area is 171 Å². The maximum Gasteiger partial charge on any atom is 0.139 e. The molecule has 0 heterocycles. The van der Waals surface area contributed by atoms with Crippen LogP contribution >= 0.6 is 0 Å². The predicted molar refractivity (Wildman–Crippen MR) is 112 cm³/mol. The average molecular weight is 389 g/mol. The molecule has 0 aromatic heterocycles. The van der Waals surface area contributed by atoms with Crippen LogP contribution in [-0.4, -0.2) is 17.9 Å². The van der Waals surface area contributed by atoms with E-state index in [1.54, 1.807) is 0 Å². The zero-order valence-corrected chi connectivity index (χ0v) is 18.5. The molecule has 7 atom stereocenters. The summed E-state index contributed by atoms with van der Waals surface area (Å²) >= 11 is 0. The second-order valence-corrected chi connectivity index (χ2v) is 11.4. The number of fused-ring (bicyclic) bond motifs is 5. The van der Waals surface area contributed by atoms with Gasteiger partial charge in [-0.25, -0.2) is 0 Å². The molecule has 28 heavy (non-hydrogen) atoms. The SMILES string of the molecule is C[C@@H]1CC2C=C(NOC(C)(C)CN)CC[C@]2(C)[C@H]2CC[C@]3(C)C(=O)CC[C@H]3[C@H]12. The summed E-state index contributed by atoms with van der Waals surface area (Å²) in [6.45, 7) is 11.8. The molecule has 158 valence electrons. The molecule has 0 bridgehead atoms. The first-order valence-corrected chi connectivity index (χ1v) is 11.5. The van der Waals surface area contributed by atoms with Crippen LogP contribution in [0.1, 0.15) is 79.6 Å². The van der Waals surface area contributed by atoms with E-state index in [9.17, 15) is 4.79 Å². The Balaban J connectivity index is 1.55. The molecular weight excluding hydrogens is 348 g/mol. The van der Waals surface area contributed by atoms with E-state index in [2.05, 4.69) is 32.3 Å². The molecule has 1 unspecified atom stereocenters. The first-order valence-electron chi connectivity index (χ1n) is 11.5. The first kappa shape index (κ1) is 20.4. The molecule has 0 aliphatic heterocycles. The minimum absolute atomic E-state index is 0.0303. The van der Waals surface area contributed by atoms with Crippen molar-refractivity contribution in [2.75, 3.05) is 6.54 Å². The number of nitrogens with two attached hydrogens (primary N) is 1. The van der Waals surface area contributed by atoms with Crippen molar-refractivity contribution in [3.8, 4) is 0 Å². The van der Waals surface area contributed by atoms with Gasteiger partial charge in [0.2, 0.25) is 0 Å². The summed E-state index contributed by atoms with van der Waals surface area (Å²) in [7, 11) is 0. The molecule has 0 amide bonds. The summed E-state index contributed by atoms with van der Waals surface area (Å²) in [5, 5.41) is 0. The van der Waals surface area contributed by atoms with Gasteiger partial charge in [0.15, 0.2) is 0 Å². The van der Waals surface area contributed by atoms with E-state index in [4.69, 9.17) is 10.6 Å². The molecule has 4 aliphatic rings. The maximum absolute atomic E-state index is 12.7. The van der Waals surface area contributed by atoms with Crippen LogP contribution in [-0.2, 0) is 9.63 Å². The largest absolute Gasteiger partial charge is 0.328 e. The van der Waals surface area contributed by atoms with Crippen LogP contribution in [0.25, 0.3) is 0 Å². The number of rotatable bonds is 4. The highest BCUT2D eigenvalue weighted by molar-refractivity contribution is 5.87. The highest BCUT2D eigenvalue weighted by atomic mass is 16.7. The van der Waals surface area contributed by atoms with Crippen molar-refractivity contribution in [2.24, 2.45) is 46.2 Å². The monoisotopic (exact) mass is 388 g/mol. The highest BCUT2D eigenvalue weighted by Gasteiger charge is 2.61. The number of ketones is 1. The van der Waals surface area contributed by atoms with Crippen molar-refractivity contribution in [3.05, 3.63) is 11.8 Å². The normalized spacial score (nSPS) is 45.7. The van der Waals surface area contributed by atoms with Gasteiger partial charge in [-0.1, -0.05) is 26.8 Å². The van der Waals surface area contributed by atoms with Gasteiger partial charge in [-0.2, -0.15) is 0 Å². The van der Waals surface area contributed by atoms with Crippen LogP contribution in [0.15, 0.2) is 11.8 Å². The van der Waals surface area contributed by atoms with Gasteiger partial charge >= 0.3 is 0 Å². The minimum atomic E-state index is -0.352. The number of hydrogen-bond donors (Lipinski definition) is 2. The van der Waals surface area contributed by atoms with Crippen LogP contribution < -0.4 is 11.2 Å². The van der Waals surface area contributed by atoms with Gasteiger partial charge in [0.1, 0.15) is 11.4 Å². The Morgan fingerprint density at radius 1 is 1.21 bits per heavy atom. The molecule has 4 rings (SSSR count). The summed E-state index contributed by atoms with van der Waals surface area (Å²) in [4.78, 5) is 18.5. The topological polar surface area (TPSA) is 64.3 Å². The van der Waals surface area contributed by atoms with E-state index in [1.807, 2.05) is 13.8 Å². The zero-order chi connectivity index (χ0) is 20.3. The molecular formula is C24H40N2O2. The van der Waals surface area contributed by atoms with Gasteiger partial charge in [0.05, 0.1) is 0 Å². The van der Waals surface area contributed by atoms with E-state index < -0.39 is 0 Å². The fourth-order valence-corrected chi connectivity index (χ4v) is 7.32. The van der Waals surface area contributed by atoms with Crippen LogP contribution in [0.3, 0.4) is 0 Å². The Bertz CT molecular complexity index is 672. The van der Waals surface area contributed by atoms with E-state index in [0.29, 0.717) is 35.5 Å².